The molecule has 0 fully saturated rings. The van der Waals surface area contributed by atoms with E-state index in [-0.39, 0.29) is 0 Å². The minimum atomic E-state index is 0.691. The van der Waals surface area contributed by atoms with Crippen LogP contribution < -0.4 is 5.32 Å². The van der Waals surface area contributed by atoms with Crippen LogP contribution in [0, 0.1) is 6.92 Å². The third-order valence-electron chi connectivity index (χ3n) is 1.89. The first-order valence-electron chi connectivity index (χ1n) is 4.37. The summed E-state index contributed by atoms with van der Waals surface area (Å²) in [7, 11) is 0. The number of fused-ring (bicyclic) bond motifs is 1. The summed E-state index contributed by atoms with van der Waals surface area (Å²) >= 11 is 0. The molecule has 0 saturated heterocycles. The number of anilines is 1. The second kappa shape index (κ2) is 3.05. The van der Waals surface area contributed by atoms with E-state index in [0.29, 0.717) is 5.95 Å². The quantitative estimate of drug-likeness (QED) is 0.753. The number of aromatic nitrogens is 3. The molecule has 0 atom stereocenters. The van der Waals surface area contributed by atoms with E-state index in [9.17, 15) is 0 Å². The zero-order valence-corrected chi connectivity index (χ0v) is 7.78. The highest BCUT2D eigenvalue weighted by Crippen LogP contribution is 2.08. The molecule has 68 valence electrons. The number of nitrogens with zero attached hydrogens (tertiary/aromatic N) is 3. The molecule has 0 spiro atoms. The molecule has 0 unspecified atom stereocenters. The van der Waals surface area contributed by atoms with E-state index >= 15 is 0 Å². The van der Waals surface area contributed by atoms with E-state index in [1.807, 2.05) is 32.2 Å². The average Bonchev–Trinajstić information content (AvgIpc) is 2.49. The lowest BCUT2D eigenvalue weighted by Crippen LogP contribution is -1.98. The van der Waals surface area contributed by atoms with Gasteiger partial charge in [-0.25, -0.2) is 4.52 Å². The fourth-order valence-corrected chi connectivity index (χ4v) is 1.27. The van der Waals surface area contributed by atoms with Crippen molar-refractivity contribution in [2.45, 2.75) is 13.8 Å². The lowest BCUT2D eigenvalue weighted by molar-refractivity contribution is 0.951. The van der Waals surface area contributed by atoms with Gasteiger partial charge in [0.05, 0.1) is 0 Å². The number of hydrogen-bond acceptors (Lipinski definition) is 3. The fourth-order valence-electron chi connectivity index (χ4n) is 1.27. The topological polar surface area (TPSA) is 42.2 Å². The summed E-state index contributed by atoms with van der Waals surface area (Å²) < 4.78 is 1.79. The fraction of sp³-hybridized carbons (Fsp3) is 0.333. The minimum absolute atomic E-state index is 0.691. The molecule has 0 saturated carbocycles. The molecule has 0 aromatic carbocycles. The van der Waals surface area contributed by atoms with E-state index in [4.69, 9.17) is 0 Å². The maximum Gasteiger partial charge on any atom is 0.243 e. The maximum atomic E-state index is 4.34. The van der Waals surface area contributed by atoms with E-state index in [1.165, 1.54) is 0 Å². The van der Waals surface area contributed by atoms with Crippen molar-refractivity contribution in [3.63, 3.8) is 0 Å². The lowest BCUT2D eigenvalue weighted by Gasteiger charge is -1.91. The Bertz CT molecular complexity index is 418. The Morgan fingerprint density at radius 1 is 1.54 bits per heavy atom. The molecule has 4 nitrogen and oxygen atoms in total. The molecule has 4 heteroatoms. The van der Waals surface area contributed by atoms with Crippen LogP contribution in [0.1, 0.15) is 12.5 Å². The summed E-state index contributed by atoms with van der Waals surface area (Å²) in [4.78, 5) is 4.34. The smallest absolute Gasteiger partial charge is 0.243 e. The molecule has 0 aliphatic carbocycles. The highest BCUT2D eigenvalue weighted by atomic mass is 15.3. The van der Waals surface area contributed by atoms with Crippen LogP contribution in [-0.2, 0) is 0 Å². The molecule has 13 heavy (non-hydrogen) atoms. The van der Waals surface area contributed by atoms with Crippen LogP contribution in [0.4, 0.5) is 5.95 Å². The van der Waals surface area contributed by atoms with Gasteiger partial charge in [0.15, 0.2) is 5.65 Å². The van der Waals surface area contributed by atoms with Crippen molar-refractivity contribution < 1.29 is 0 Å². The molecular formula is C9H12N4. The van der Waals surface area contributed by atoms with Crippen LogP contribution >= 0.6 is 0 Å². The number of nitrogens with one attached hydrogen (secondary N) is 1. The number of aryl methyl sites for hydroxylation is 1. The van der Waals surface area contributed by atoms with Crippen molar-refractivity contribution in [3.05, 3.63) is 23.9 Å². The SMILES string of the molecule is CCNc1nc2c(C)cccn2n1. The maximum absolute atomic E-state index is 4.34. The van der Waals surface area contributed by atoms with E-state index in [2.05, 4.69) is 15.4 Å². The highest BCUT2D eigenvalue weighted by Gasteiger charge is 2.02. The lowest BCUT2D eigenvalue weighted by atomic mass is 10.3. The second-order valence-electron chi connectivity index (χ2n) is 2.93. The Labute approximate surface area is 76.6 Å². The molecule has 1 N–H and O–H groups in total. The number of hydrogen-bond donors (Lipinski definition) is 1. The highest BCUT2D eigenvalue weighted by molar-refractivity contribution is 5.49. The van der Waals surface area contributed by atoms with Gasteiger partial charge >= 0.3 is 0 Å². The number of rotatable bonds is 2. The molecule has 2 rings (SSSR count). The first-order valence-corrected chi connectivity index (χ1v) is 4.37. The van der Waals surface area contributed by atoms with Crippen molar-refractivity contribution in [1.29, 1.82) is 0 Å². The predicted molar refractivity (Wildman–Crippen MR) is 51.9 cm³/mol. The van der Waals surface area contributed by atoms with Crippen LogP contribution in [-0.4, -0.2) is 21.1 Å². The minimum Gasteiger partial charge on any atom is -0.353 e. The first-order chi connectivity index (χ1) is 6.31. The summed E-state index contributed by atoms with van der Waals surface area (Å²) in [5.41, 5.74) is 2.05. The molecule has 0 amide bonds. The van der Waals surface area contributed by atoms with Crippen molar-refractivity contribution >= 4 is 11.6 Å². The van der Waals surface area contributed by atoms with Gasteiger partial charge in [-0.15, -0.1) is 5.10 Å². The Hall–Kier alpha value is -1.58. The van der Waals surface area contributed by atoms with Gasteiger partial charge in [0.1, 0.15) is 0 Å². The Morgan fingerprint density at radius 3 is 3.08 bits per heavy atom. The van der Waals surface area contributed by atoms with Crippen LogP contribution in [0.25, 0.3) is 5.65 Å². The second-order valence-corrected chi connectivity index (χ2v) is 2.93. The standard InChI is InChI=1S/C9H12N4/c1-3-10-9-11-8-7(2)5-4-6-13(8)12-9/h4-6H,3H2,1-2H3,(H,10,12). The predicted octanol–water partition coefficient (Wildman–Crippen LogP) is 1.47. The summed E-state index contributed by atoms with van der Waals surface area (Å²) in [6.07, 6.45) is 1.90. The van der Waals surface area contributed by atoms with Crippen molar-refractivity contribution in [2.75, 3.05) is 11.9 Å². The largest absolute Gasteiger partial charge is 0.353 e. The van der Waals surface area contributed by atoms with Gasteiger partial charge in [-0.1, -0.05) is 6.07 Å². The van der Waals surface area contributed by atoms with Gasteiger partial charge in [0, 0.05) is 12.7 Å². The van der Waals surface area contributed by atoms with Crippen LogP contribution in [0.3, 0.4) is 0 Å². The Morgan fingerprint density at radius 2 is 2.38 bits per heavy atom. The van der Waals surface area contributed by atoms with Gasteiger partial charge in [-0.05, 0) is 25.5 Å². The first kappa shape index (κ1) is 8.04. The molecule has 2 aromatic heterocycles. The molecule has 2 aromatic rings. The summed E-state index contributed by atoms with van der Waals surface area (Å²) in [5.74, 6) is 0.691. The van der Waals surface area contributed by atoms with E-state index in [1.54, 1.807) is 4.52 Å². The normalized spacial score (nSPS) is 10.6. The molecule has 0 aliphatic rings. The Kier molecular flexibility index (Phi) is 1.88. The van der Waals surface area contributed by atoms with Crippen LogP contribution in [0.2, 0.25) is 0 Å². The molecule has 0 bridgehead atoms. The Balaban J connectivity index is 2.55. The van der Waals surface area contributed by atoms with E-state index in [0.717, 1.165) is 17.8 Å². The zero-order chi connectivity index (χ0) is 9.26. The third-order valence-corrected chi connectivity index (χ3v) is 1.89. The zero-order valence-electron chi connectivity index (χ0n) is 7.78. The van der Waals surface area contributed by atoms with Gasteiger partial charge in [0.2, 0.25) is 5.95 Å². The van der Waals surface area contributed by atoms with Crippen molar-refractivity contribution in [3.8, 4) is 0 Å². The molecule has 0 aliphatic heterocycles. The molecular weight excluding hydrogens is 164 g/mol. The van der Waals surface area contributed by atoms with Crippen LogP contribution in [0.15, 0.2) is 18.3 Å². The van der Waals surface area contributed by atoms with E-state index < -0.39 is 0 Å². The number of pyridine rings is 1. The summed E-state index contributed by atoms with van der Waals surface area (Å²) in [5, 5.41) is 7.34. The summed E-state index contributed by atoms with van der Waals surface area (Å²) in [6.45, 7) is 4.90. The van der Waals surface area contributed by atoms with Crippen LogP contribution in [0.5, 0.6) is 0 Å². The van der Waals surface area contributed by atoms with Gasteiger partial charge in [0.25, 0.3) is 0 Å². The van der Waals surface area contributed by atoms with Gasteiger partial charge in [-0.2, -0.15) is 4.98 Å². The van der Waals surface area contributed by atoms with Crippen molar-refractivity contribution in [2.24, 2.45) is 0 Å². The van der Waals surface area contributed by atoms with Gasteiger partial charge in [-0.3, -0.25) is 0 Å². The monoisotopic (exact) mass is 176 g/mol. The molecule has 2 heterocycles. The summed E-state index contributed by atoms with van der Waals surface area (Å²) in [6, 6.07) is 3.99. The van der Waals surface area contributed by atoms with Gasteiger partial charge < -0.3 is 5.32 Å². The average molecular weight is 176 g/mol. The van der Waals surface area contributed by atoms with Crippen molar-refractivity contribution in [1.82, 2.24) is 14.6 Å². The third kappa shape index (κ3) is 1.35. The molecule has 0 radical (unpaired) electrons.